The van der Waals surface area contributed by atoms with Gasteiger partial charge in [0.15, 0.2) is 6.10 Å². The third-order valence-corrected chi connectivity index (χ3v) is 9.71. The van der Waals surface area contributed by atoms with Crippen molar-refractivity contribution in [3.8, 4) is 0 Å². The van der Waals surface area contributed by atoms with E-state index in [2.05, 4.69) is 73.1 Å². The van der Waals surface area contributed by atoms with Crippen LogP contribution in [0.25, 0.3) is 0 Å². The lowest BCUT2D eigenvalue weighted by Gasteiger charge is -2.13. The fraction of sp³-hybridized carbons (Fsp3) is 0.459. The number of carbonyl (C=O) groups excluding carboxylic acids is 1. The number of fused-ring (bicyclic) bond motifs is 3. The first-order valence-corrected chi connectivity index (χ1v) is 17.9. The van der Waals surface area contributed by atoms with E-state index in [9.17, 15) is 14.7 Å². The molecule has 0 aromatic heterocycles. The predicted molar refractivity (Wildman–Crippen MR) is 192 cm³/mol. The monoisotopic (exact) mass is 736 g/mol. The third-order valence-electron chi connectivity index (χ3n) is 9.01. The second kappa shape index (κ2) is 20.2. The number of nitrogens with two attached hydrogens (primary N) is 2. The normalized spacial score (nSPS) is 20.9. The zero-order chi connectivity index (χ0) is 36.1. The van der Waals surface area contributed by atoms with E-state index < -0.39 is 24.1 Å². The number of benzene rings is 3. The lowest BCUT2D eigenvalue weighted by molar-refractivity contribution is -0.655. The van der Waals surface area contributed by atoms with Crippen molar-refractivity contribution in [3.63, 3.8) is 0 Å². The molecule has 49 heavy (non-hydrogen) atoms. The van der Waals surface area contributed by atoms with E-state index in [1.165, 1.54) is 72.4 Å². The summed E-state index contributed by atoms with van der Waals surface area (Å²) in [7, 11) is 0. The highest BCUT2D eigenvalue weighted by atomic mass is 35.5. The zero-order valence-corrected chi connectivity index (χ0v) is 30.6. The first-order chi connectivity index (χ1) is 23.3. The van der Waals surface area contributed by atoms with Crippen LogP contribution in [0.5, 0.6) is 0 Å². The average molecular weight is 738 g/mol. The van der Waals surface area contributed by atoms with E-state index in [0.29, 0.717) is 17.8 Å². The van der Waals surface area contributed by atoms with Gasteiger partial charge in [0, 0.05) is 46.3 Å². The van der Waals surface area contributed by atoms with Crippen LogP contribution < -0.4 is 21.1 Å². The van der Waals surface area contributed by atoms with Gasteiger partial charge in [-0.15, -0.1) is 0 Å². The predicted octanol–water partition coefficient (Wildman–Crippen LogP) is 2.26. The number of nitrogens with one attached hydrogen (secondary N) is 1. The van der Waals surface area contributed by atoms with Gasteiger partial charge < -0.3 is 41.2 Å². The molecule has 9 nitrogen and oxygen atoms in total. The van der Waals surface area contributed by atoms with Crippen molar-refractivity contribution >= 4 is 46.7 Å². The number of carbonyl (C=O) groups is 2. The lowest BCUT2D eigenvalue weighted by Crippen LogP contribution is -2.85. The Morgan fingerprint density at radius 1 is 0.714 bits per heavy atom. The Hall–Kier alpha value is -2.73. The van der Waals surface area contributed by atoms with Crippen molar-refractivity contribution in [2.45, 2.75) is 70.0 Å². The summed E-state index contributed by atoms with van der Waals surface area (Å²) in [6.45, 7) is 13.7. The number of halogens is 3. The molecule has 3 aromatic rings. The molecule has 268 valence electrons. The molecule has 3 unspecified atom stereocenters. The second-order valence-electron chi connectivity index (χ2n) is 12.9. The highest BCUT2D eigenvalue weighted by Crippen LogP contribution is 2.26. The number of rotatable bonds is 3. The van der Waals surface area contributed by atoms with Gasteiger partial charge in [-0.1, -0.05) is 73.8 Å². The molecule has 0 bridgehead atoms. The van der Waals surface area contributed by atoms with Gasteiger partial charge in [0.05, 0.1) is 32.1 Å². The number of aliphatic carboxylic acids is 2. The van der Waals surface area contributed by atoms with Crippen LogP contribution in [0.2, 0.25) is 15.1 Å². The molecule has 3 aliphatic rings. The summed E-state index contributed by atoms with van der Waals surface area (Å²) in [6, 6.07) is 18.8. The van der Waals surface area contributed by atoms with Crippen molar-refractivity contribution in [2.24, 2.45) is 0 Å². The number of hydrogen-bond acceptors (Lipinski definition) is 6. The minimum atomic E-state index is -2.38. The number of carboxylic acids is 2. The average Bonchev–Trinajstić information content (AvgIpc) is 3.46. The first-order valence-electron chi connectivity index (χ1n) is 16.8. The summed E-state index contributed by atoms with van der Waals surface area (Å²) in [5, 5.41) is 44.9. The Morgan fingerprint density at radius 2 is 1.12 bits per heavy atom. The molecule has 3 heterocycles. The number of quaternary nitrogens is 2. The fourth-order valence-electron chi connectivity index (χ4n) is 6.18. The quantitative estimate of drug-likeness (QED) is 0.240. The van der Waals surface area contributed by atoms with Crippen LogP contribution in [0.1, 0.15) is 71.9 Å². The molecule has 0 saturated heterocycles. The molecule has 6 rings (SSSR count). The smallest absolute Gasteiger partial charge is 0.335 e. The molecular formula is C37H49Cl3N3O6+. The van der Waals surface area contributed by atoms with Crippen LogP contribution >= 0.6 is 34.8 Å². The molecule has 0 saturated carbocycles. The van der Waals surface area contributed by atoms with Crippen LogP contribution in [0, 0.1) is 0 Å². The second-order valence-corrected chi connectivity index (χ2v) is 14.2. The molecule has 5 atom stereocenters. The van der Waals surface area contributed by atoms with E-state index in [-0.39, 0.29) is 0 Å². The van der Waals surface area contributed by atoms with E-state index in [4.69, 9.17) is 50.1 Å². The Labute approximate surface area is 304 Å². The van der Waals surface area contributed by atoms with Crippen LogP contribution in [0.3, 0.4) is 0 Å². The van der Waals surface area contributed by atoms with Gasteiger partial charge in [0.25, 0.3) is 0 Å². The van der Waals surface area contributed by atoms with E-state index in [0.717, 1.165) is 34.6 Å². The van der Waals surface area contributed by atoms with Crippen LogP contribution in [0.15, 0.2) is 54.6 Å². The maximum absolute atomic E-state index is 9.74. The van der Waals surface area contributed by atoms with Crippen LogP contribution in [-0.4, -0.2) is 78.7 Å². The number of aliphatic hydroxyl groups excluding tert-OH is 2. The minimum Gasteiger partial charge on any atom is -0.547 e. The highest BCUT2D eigenvalue weighted by molar-refractivity contribution is 6.31. The van der Waals surface area contributed by atoms with Gasteiger partial charge in [-0.3, -0.25) is 0 Å². The van der Waals surface area contributed by atoms with Gasteiger partial charge in [-0.05, 0) is 88.7 Å². The standard InChI is InChI=1S/3C11H14ClN.C4H6O6/c3*1-8-7-13-5-4-9-2-3-10(12)6-11(8)9;5-1(3(7)8)2(6)4(9)10/h3*2-3,6,8,13H,4-5,7H2,1H3;1-2,5-6H,(H,7,8)(H,9,10)/p+1/t2*8-;;/m00../s1. The van der Waals surface area contributed by atoms with Gasteiger partial charge in [-0.25, -0.2) is 4.79 Å². The van der Waals surface area contributed by atoms with Gasteiger partial charge >= 0.3 is 5.97 Å². The molecule has 3 aliphatic heterocycles. The molecule has 3 aromatic carbocycles. The molecule has 0 radical (unpaired) electrons. The van der Waals surface area contributed by atoms with Gasteiger partial charge in [-0.2, -0.15) is 0 Å². The highest BCUT2D eigenvalue weighted by Gasteiger charge is 2.24. The summed E-state index contributed by atoms with van der Waals surface area (Å²) in [4.78, 5) is 19.4. The van der Waals surface area contributed by atoms with E-state index in [1.54, 1.807) is 0 Å². The number of aliphatic hydroxyl groups is 2. The van der Waals surface area contributed by atoms with Gasteiger partial charge in [0.1, 0.15) is 6.10 Å². The Kier molecular flexibility index (Phi) is 16.8. The van der Waals surface area contributed by atoms with Crippen molar-refractivity contribution in [3.05, 3.63) is 103 Å². The summed E-state index contributed by atoms with van der Waals surface area (Å²) in [5.74, 6) is -1.98. The third kappa shape index (κ3) is 12.8. The largest absolute Gasteiger partial charge is 0.547 e. The fourth-order valence-corrected chi connectivity index (χ4v) is 6.72. The molecule has 0 amide bonds. The minimum absolute atomic E-state index is 0.580. The summed E-state index contributed by atoms with van der Waals surface area (Å²) < 4.78 is 0. The molecular weight excluding hydrogens is 689 g/mol. The summed E-state index contributed by atoms with van der Waals surface area (Å²) >= 11 is 17.9. The first kappa shape index (κ1) is 40.7. The SMILES string of the molecule is CC1CNCCc2ccc(Cl)cc21.C[C@H]1C[NH2+]CCc2ccc(Cl)cc21.C[C@H]1C[NH2+]CCc2ccc(Cl)cc21.O=C([O-])C(O)C(O)C(=O)O. The van der Waals surface area contributed by atoms with Crippen molar-refractivity contribution in [1.29, 1.82) is 0 Å². The molecule has 0 fully saturated rings. The maximum Gasteiger partial charge on any atom is 0.335 e. The Morgan fingerprint density at radius 3 is 1.51 bits per heavy atom. The zero-order valence-electron chi connectivity index (χ0n) is 28.3. The number of carboxylic acid groups (broad SMARTS) is 2. The van der Waals surface area contributed by atoms with E-state index >= 15 is 0 Å². The topological polar surface area (TPSA) is 163 Å². The lowest BCUT2D eigenvalue weighted by atomic mass is 9.96. The van der Waals surface area contributed by atoms with Crippen molar-refractivity contribution in [1.82, 2.24) is 5.32 Å². The molecule has 12 heteroatoms. The van der Waals surface area contributed by atoms with Crippen LogP contribution in [-0.2, 0) is 28.9 Å². The van der Waals surface area contributed by atoms with Crippen molar-refractivity contribution < 1.29 is 40.6 Å². The Bertz CT molecular complexity index is 1370. The van der Waals surface area contributed by atoms with Crippen molar-refractivity contribution in [2.75, 3.05) is 39.3 Å². The Balaban J connectivity index is 0.000000178. The summed E-state index contributed by atoms with van der Waals surface area (Å²) in [6.07, 6.45) is -1.23. The molecule has 0 aliphatic carbocycles. The summed E-state index contributed by atoms with van der Waals surface area (Å²) in [5.41, 5.74) is 8.71. The van der Waals surface area contributed by atoms with E-state index in [1.807, 2.05) is 18.2 Å². The molecule has 0 spiro atoms. The van der Waals surface area contributed by atoms with Crippen LogP contribution in [0.4, 0.5) is 0 Å². The molecule has 8 N–H and O–H groups in total. The maximum atomic E-state index is 9.74. The number of hydrogen-bond donors (Lipinski definition) is 6. The van der Waals surface area contributed by atoms with Gasteiger partial charge in [0.2, 0.25) is 0 Å².